The van der Waals surface area contributed by atoms with Gasteiger partial charge in [-0.2, -0.15) is 0 Å². The summed E-state index contributed by atoms with van der Waals surface area (Å²) in [5.74, 6) is -0.504. The van der Waals surface area contributed by atoms with E-state index < -0.39 is 5.97 Å². The van der Waals surface area contributed by atoms with Crippen LogP contribution >= 0.6 is 0 Å². The predicted molar refractivity (Wildman–Crippen MR) is 129 cm³/mol. The number of nitrogens with zero attached hydrogens (tertiary/aromatic N) is 2. The number of fused-ring (bicyclic) bond motifs is 1. The van der Waals surface area contributed by atoms with Crippen molar-refractivity contribution in [3.05, 3.63) is 113 Å². The minimum atomic E-state index is -0.399. The maximum atomic E-state index is 13.8. The molecule has 1 heterocycles. The number of para-hydroxylation sites is 1. The molecule has 0 fully saturated rings. The van der Waals surface area contributed by atoms with E-state index >= 15 is 0 Å². The number of carbonyl (C=O) groups is 2. The van der Waals surface area contributed by atoms with Crippen LogP contribution in [0.25, 0.3) is 10.9 Å². The van der Waals surface area contributed by atoms with Gasteiger partial charge < -0.3 is 9.64 Å². The van der Waals surface area contributed by atoms with Gasteiger partial charge in [0.05, 0.1) is 29.8 Å². The van der Waals surface area contributed by atoms with E-state index in [1.807, 2.05) is 77.7 Å². The Bertz CT molecular complexity index is 1270. The molecule has 0 bridgehead atoms. The second kappa shape index (κ2) is 10.1. The van der Waals surface area contributed by atoms with E-state index in [9.17, 15) is 9.59 Å². The Morgan fingerprint density at radius 1 is 0.909 bits per heavy atom. The fraction of sp³-hybridized carbons (Fsp3) is 0.179. The number of hydrogen-bond acceptors (Lipinski definition) is 4. The average molecular weight is 439 g/mol. The van der Waals surface area contributed by atoms with Crippen LogP contribution in [-0.2, 0) is 11.3 Å². The van der Waals surface area contributed by atoms with Gasteiger partial charge in [-0.3, -0.25) is 9.78 Å². The van der Waals surface area contributed by atoms with Gasteiger partial charge in [0.15, 0.2) is 0 Å². The molecule has 0 saturated carbocycles. The third-order valence-electron chi connectivity index (χ3n) is 5.75. The van der Waals surface area contributed by atoms with E-state index in [0.29, 0.717) is 17.7 Å². The maximum absolute atomic E-state index is 13.8. The number of amides is 1. The quantitative estimate of drug-likeness (QED) is 0.341. The van der Waals surface area contributed by atoms with E-state index in [-0.39, 0.29) is 11.9 Å². The molecule has 1 aromatic heterocycles. The second-order valence-electron chi connectivity index (χ2n) is 7.88. The zero-order chi connectivity index (χ0) is 23.2. The summed E-state index contributed by atoms with van der Waals surface area (Å²) in [5.41, 5.74) is 3.76. The number of methoxy groups -OCH3 is 1. The van der Waals surface area contributed by atoms with Gasteiger partial charge in [0.25, 0.3) is 5.91 Å². The lowest BCUT2D eigenvalue weighted by Crippen LogP contribution is -2.34. The van der Waals surface area contributed by atoms with E-state index in [0.717, 1.165) is 28.5 Å². The minimum absolute atomic E-state index is 0.104. The Hall–Kier alpha value is -3.99. The number of aromatic nitrogens is 1. The highest BCUT2D eigenvalue weighted by Gasteiger charge is 2.26. The molecule has 0 N–H and O–H groups in total. The van der Waals surface area contributed by atoms with Gasteiger partial charge in [0.1, 0.15) is 0 Å². The topological polar surface area (TPSA) is 59.5 Å². The van der Waals surface area contributed by atoms with Crippen molar-refractivity contribution in [2.24, 2.45) is 0 Å². The van der Waals surface area contributed by atoms with Crippen LogP contribution in [0.2, 0.25) is 0 Å². The van der Waals surface area contributed by atoms with Gasteiger partial charge >= 0.3 is 5.97 Å². The largest absolute Gasteiger partial charge is 0.465 e. The van der Waals surface area contributed by atoms with Gasteiger partial charge in [0, 0.05) is 18.1 Å². The van der Waals surface area contributed by atoms with Crippen molar-refractivity contribution in [1.82, 2.24) is 9.88 Å². The molecule has 33 heavy (non-hydrogen) atoms. The van der Waals surface area contributed by atoms with Crippen molar-refractivity contribution >= 4 is 22.8 Å². The molecule has 0 spiro atoms. The third kappa shape index (κ3) is 4.93. The zero-order valence-corrected chi connectivity index (χ0v) is 18.8. The monoisotopic (exact) mass is 438 g/mol. The van der Waals surface area contributed by atoms with Crippen LogP contribution in [0.4, 0.5) is 0 Å². The van der Waals surface area contributed by atoms with Crippen LogP contribution in [0.15, 0.2) is 91.1 Å². The first-order chi connectivity index (χ1) is 16.1. The Morgan fingerprint density at radius 3 is 2.42 bits per heavy atom. The number of rotatable bonds is 7. The lowest BCUT2D eigenvalue weighted by atomic mass is 10.00. The summed E-state index contributed by atoms with van der Waals surface area (Å²) < 4.78 is 4.86. The normalized spacial score (nSPS) is 11.7. The van der Waals surface area contributed by atoms with Crippen LogP contribution in [0.5, 0.6) is 0 Å². The molecular weight excluding hydrogens is 412 g/mol. The summed E-state index contributed by atoms with van der Waals surface area (Å²) in [7, 11) is 1.36. The van der Waals surface area contributed by atoms with Crippen molar-refractivity contribution in [3.63, 3.8) is 0 Å². The van der Waals surface area contributed by atoms with Crippen molar-refractivity contribution in [3.8, 4) is 0 Å². The molecule has 0 unspecified atom stereocenters. The molecule has 166 valence electrons. The maximum Gasteiger partial charge on any atom is 0.337 e. The Labute approximate surface area is 193 Å². The molecule has 1 amide bonds. The summed E-state index contributed by atoms with van der Waals surface area (Å²) in [6, 6.07) is 26.7. The first-order valence-electron chi connectivity index (χ1n) is 11.0. The van der Waals surface area contributed by atoms with Crippen molar-refractivity contribution in [2.45, 2.75) is 25.9 Å². The Kier molecular flexibility index (Phi) is 6.79. The SMILES string of the molecule is CC[C@H](c1ccccc1)N(Cc1cccc(C(=O)OC)c1)C(=O)c1cnc2ccccc2c1. The van der Waals surface area contributed by atoms with Gasteiger partial charge in [-0.1, -0.05) is 67.6 Å². The fourth-order valence-electron chi connectivity index (χ4n) is 4.10. The highest BCUT2D eigenvalue weighted by molar-refractivity contribution is 5.97. The van der Waals surface area contributed by atoms with Crippen LogP contribution in [0.1, 0.15) is 51.2 Å². The lowest BCUT2D eigenvalue weighted by Gasteiger charge is -2.32. The number of esters is 1. The van der Waals surface area contributed by atoms with E-state index in [1.165, 1.54) is 7.11 Å². The molecular formula is C28H26N2O3. The summed E-state index contributed by atoms with van der Waals surface area (Å²) in [6.07, 6.45) is 2.38. The molecule has 5 nitrogen and oxygen atoms in total. The predicted octanol–water partition coefficient (Wildman–Crippen LogP) is 5.82. The van der Waals surface area contributed by atoms with Gasteiger partial charge in [-0.05, 0) is 41.8 Å². The molecule has 0 aliphatic rings. The van der Waals surface area contributed by atoms with E-state index in [4.69, 9.17) is 4.74 Å². The van der Waals surface area contributed by atoms with Crippen LogP contribution in [0.3, 0.4) is 0 Å². The summed E-state index contributed by atoms with van der Waals surface area (Å²) in [6.45, 7) is 2.42. The molecule has 4 rings (SSSR count). The molecule has 0 aliphatic carbocycles. The van der Waals surface area contributed by atoms with Crippen molar-refractivity contribution in [2.75, 3.05) is 7.11 Å². The zero-order valence-electron chi connectivity index (χ0n) is 18.8. The summed E-state index contributed by atoms with van der Waals surface area (Å²) >= 11 is 0. The average Bonchev–Trinajstić information content (AvgIpc) is 2.88. The number of hydrogen-bond donors (Lipinski definition) is 0. The smallest absolute Gasteiger partial charge is 0.337 e. The Balaban J connectivity index is 1.74. The molecule has 0 aliphatic heterocycles. The Morgan fingerprint density at radius 2 is 1.67 bits per heavy atom. The first-order valence-corrected chi connectivity index (χ1v) is 11.0. The highest BCUT2D eigenvalue weighted by Crippen LogP contribution is 2.28. The second-order valence-corrected chi connectivity index (χ2v) is 7.88. The van der Waals surface area contributed by atoms with Crippen molar-refractivity contribution < 1.29 is 14.3 Å². The highest BCUT2D eigenvalue weighted by atomic mass is 16.5. The standard InChI is InChI=1S/C28H26N2O3/c1-3-26(21-11-5-4-6-12-21)30(19-20-10-9-14-23(16-20)28(32)33-2)27(31)24-17-22-13-7-8-15-25(22)29-18-24/h4-18,26H,3,19H2,1-2H3/t26-/m1/s1. The van der Waals surface area contributed by atoms with Crippen LogP contribution in [0, 0.1) is 0 Å². The van der Waals surface area contributed by atoms with Crippen LogP contribution < -0.4 is 0 Å². The third-order valence-corrected chi connectivity index (χ3v) is 5.75. The van der Waals surface area contributed by atoms with Crippen molar-refractivity contribution in [1.29, 1.82) is 0 Å². The molecule has 0 radical (unpaired) electrons. The molecule has 3 aromatic carbocycles. The van der Waals surface area contributed by atoms with E-state index in [2.05, 4.69) is 11.9 Å². The number of benzene rings is 3. The van der Waals surface area contributed by atoms with E-state index in [1.54, 1.807) is 18.3 Å². The first kappa shape index (κ1) is 22.2. The van der Waals surface area contributed by atoms with Gasteiger partial charge in [-0.25, -0.2) is 4.79 Å². The van der Waals surface area contributed by atoms with Crippen LogP contribution in [-0.4, -0.2) is 28.9 Å². The lowest BCUT2D eigenvalue weighted by molar-refractivity contribution is 0.0600. The summed E-state index contributed by atoms with van der Waals surface area (Å²) in [5, 5.41) is 0.920. The molecule has 1 atom stereocenters. The number of ether oxygens (including phenoxy) is 1. The number of carbonyl (C=O) groups excluding carboxylic acids is 2. The fourth-order valence-corrected chi connectivity index (χ4v) is 4.10. The summed E-state index contributed by atoms with van der Waals surface area (Å²) in [4.78, 5) is 32.2. The molecule has 5 heteroatoms. The molecule has 0 saturated heterocycles. The minimum Gasteiger partial charge on any atom is -0.465 e. The molecule has 4 aromatic rings. The van der Waals surface area contributed by atoms with Gasteiger partial charge in [-0.15, -0.1) is 0 Å². The number of pyridine rings is 1. The van der Waals surface area contributed by atoms with Gasteiger partial charge in [0.2, 0.25) is 0 Å².